The zero-order valence-electron chi connectivity index (χ0n) is 12.3. The van der Waals surface area contributed by atoms with Gasteiger partial charge in [0.05, 0.1) is 13.2 Å². The first-order valence-electron chi connectivity index (χ1n) is 6.47. The fourth-order valence-corrected chi connectivity index (χ4v) is 1.25. The minimum Gasteiger partial charge on any atom is -0.396 e. The van der Waals surface area contributed by atoms with Gasteiger partial charge in [0.15, 0.2) is 6.29 Å². The second-order valence-corrected chi connectivity index (χ2v) is 5.44. The number of hydrogen-bond donors (Lipinski definition) is 2. The minimum absolute atomic E-state index is 0. The number of rotatable bonds is 4. The van der Waals surface area contributed by atoms with Crippen molar-refractivity contribution in [3.05, 3.63) is 22.1 Å². The fraction of sp³-hybridized carbons (Fsp3) is 0.643. The maximum atomic E-state index is 9.29. The van der Waals surface area contributed by atoms with Crippen LogP contribution in [0.1, 0.15) is 15.3 Å². The van der Waals surface area contributed by atoms with Gasteiger partial charge < -0.3 is 19.7 Å². The van der Waals surface area contributed by atoms with Crippen LogP contribution < -0.4 is 0 Å². The fourth-order valence-electron chi connectivity index (χ4n) is 0.872. The van der Waals surface area contributed by atoms with Crippen LogP contribution in [0.2, 0.25) is 0 Å². The van der Waals surface area contributed by atoms with Gasteiger partial charge in [0, 0.05) is 26.5 Å². The van der Waals surface area contributed by atoms with Crippen molar-refractivity contribution in [3.8, 4) is 0 Å². The highest BCUT2D eigenvalue weighted by molar-refractivity contribution is 9.11. The van der Waals surface area contributed by atoms with E-state index in [4.69, 9.17) is 19.7 Å². The third-order valence-electron chi connectivity index (χ3n) is 2.09. The molecule has 0 spiro atoms. The van der Waals surface area contributed by atoms with Crippen molar-refractivity contribution in [1.82, 2.24) is 0 Å². The topological polar surface area (TPSA) is 76.0 Å². The summed E-state index contributed by atoms with van der Waals surface area (Å²) in [6.07, 6.45) is 3.76. The smallest absolute Gasteiger partial charge is 0.177 e. The highest BCUT2D eigenvalue weighted by Crippen LogP contribution is 2.11. The third-order valence-corrected chi connectivity index (χ3v) is 2.70. The van der Waals surface area contributed by atoms with Crippen LogP contribution in [0.5, 0.6) is 0 Å². The highest BCUT2D eigenvalue weighted by Gasteiger charge is 2.15. The number of ether oxygens (including phenoxy) is 2. The Morgan fingerprint density at radius 3 is 2.00 bits per heavy atom. The lowest BCUT2D eigenvalue weighted by atomic mass is 10.2. The van der Waals surface area contributed by atoms with Crippen LogP contribution >= 0.6 is 31.9 Å². The summed E-state index contributed by atoms with van der Waals surface area (Å²) in [6.45, 7) is 5.63. The molecule has 5 nitrogen and oxygen atoms in total. The van der Waals surface area contributed by atoms with E-state index in [1.54, 1.807) is 11.9 Å². The monoisotopic (exact) mass is 432 g/mol. The van der Waals surface area contributed by atoms with Crippen molar-refractivity contribution in [3.63, 3.8) is 0 Å². The van der Waals surface area contributed by atoms with Gasteiger partial charge in [-0.05, 0) is 22.1 Å². The van der Waals surface area contributed by atoms with Crippen molar-refractivity contribution < 1.29 is 25.9 Å². The lowest BCUT2D eigenvalue weighted by molar-refractivity contribution is -0.170. The van der Waals surface area contributed by atoms with E-state index in [1.807, 2.05) is 6.08 Å². The molecule has 0 aliphatic carbocycles. The van der Waals surface area contributed by atoms with Crippen molar-refractivity contribution in [1.29, 1.82) is 0 Å². The molecule has 0 aromatic rings. The number of carbonyl (C=O) groups excluding carboxylic acids is 1. The van der Waals surface area contributed by atoms with Crippen LogP contribution in [-0.4, -0.2) is 49.2 Å². The average molecular weight is 434 g/mol. The maximum absolute atomic E-state index is 9.29. The number of halogens is 2. The van der Waals surface area contributed by atoms with E-state index in [1.165, 1.54) is 11.1 Å². The van der Waals surface area contributed by atoms with Gasteiger partial charge in [-0.1, -0.05) is 45.7 Å². The van der Waals surface area contributed by atoms with Gasteiger partial charge in [0.1, 0.15) is 6.29 Å². The molecular formula is C14H26Br2O5. The Kier molecular flexibility index (Phi) is 19.9. The number of aliphatic hydroxyl groups is 2. The Hall–Kier alpha value is -0.0500. The number of allylic oxidation sites excluding steroid dienone is 1. The van der Waals surface area contributed by atoms with Gasteiger partial charge in [-0.15, -0.1) is 0 Å². The Morgan fingerprint density at radius 1 is 1.24 bits per heavy atom. The predicted molar refractivity (Wildman–Crippen MR) is 92.5 cm³/mol. The predicted octanol–water partition coefficient (Wildman–Crippen LogP) is 2.85. The van der Waals surface area contributed by atoms with Crippen LogP contribution in [-0.2, 0) is 14.3 Å². The molecule has 1 heterocycles. The lowest BCUT2D eigenvalue weighted by Crippen LogP contribution is -2.28. The highest BCUT2D eigenvalue weighted by atomic mass is 79.9. The Labute approximate surface area is 144 Å². The van der Waals surface area contributed by atoms with Gasteiger partial charge >= 0.3 is 0 Å². The Morgan fingerprint density at radius 2 is 1.76 bits per heavy atom. The molecule has 7 heteroatoms. The van der Waals surface area contributed by atoms with Gasteiger partial charge in [-0.3, -0.25) is 4.79 Å². The lowest BCUT2D eigenvalue weighted by Gasteiger charge is -2.24. The van der Waals surface area contributed by atoms with Crippen molar-refractivity contribution in [2.75, 3.05) is 26.4 Å². The molecule has 1 rings (SSSR count). The maximum Gasteiger partial charge on any atom is 0.177 e. The normalized spacial score (nSPS) is 21.7. The molecule has 1 aliphatic heterocycles. The number of aldehydes is 1. The second kappa shape index (κ2) is 18.0. The summed E-state index contributed by atoms with van der Waals surface area (Å²) >= 11 is 6.06. The summed E-state index contributed by atoms with van der Waals surface area (Å²) < 4.78 is 10.6. The molecule has 0 bridgehead atoms. The molecule has 0 aromatic heterocycles. The van der Waals surface area contributed by atoms with Gasteiger partial charge in [0.2, 0.25) is 0 Å². The van der Waals surface area contributed by atoms with E-state index in [0.29, 0.717) is 12.2 Å². The van der Waals surface area contributed by atoms with Crippen LogP contribution in [0.4, 0.5) is 0 Å². The summed E-state index contributed by atoms with van der Waals surface area (Å²) in [5.74, 6) is 0.574. The Balaban J connectivity index is -0.000000262. The first-order chi connectivity index (χ1) is 10.0. The Bertz CT molecular complexity index is 278. The molecule has 1 fully saturated rings. The van der Waals surface area contributed by atoms with E-state index < -0.39 is 0 Å². The summed E-state index contributed by atoms with van der Waals surface area (Å²) in [5.41, 5.74) is 0. The van der Waals surface area contributed by atoms with Crippen LogP contribution in [0, 0.1) is 11.8 Å². The molecule has 2 N–H and O–H groups in total. The van der Waals surface area contributed by atoms with Gasteiger partial charge in [-0.25, -0.2) is 0 Å². The standard InChI is InChI=1S/C7H11BrO2.C4H10O2.C3H3BrO.H2/c1-6-4-9-7(2-3-8)10-5-6;1-4(2-5)3-6;4-2-1-3-5;/h2-3,6-7H,4-5H2,1H3;4-6H,2-3H2,1H3;1-3H;1H/b3-2+;;2-1+;. The quantitative estimate of drug-likeness (QED) is 0.526. The molecule has 0 atom stereocenters. The third kappa shape index (κ3) is 17.9. The molecule has 0 saturated carbocycles. The molecule has 0 amide bonds. The van der Waals surface area contributed by atoms with E-state index in [0.717, 1.165) is 13.2 Å². The van der Waals surface area contributed by atoms with Crippen molar-refractivity contribution >= 4 is 38.1 Å². The van der Waals surface area contributed by atoms with Crippen molar-refractivity contribution in [2.24, 2.45) is 11.8 Å². The molecule has 21 heavy (non-hydrogen) atoms. The van der Waals surface area contributed by atoms with Gasteiger partial charge in [-0.2, -0.15) is 0 Å². The first-order valence-corrected chi connectivity index (χ1v) is 8.31. The van der Waals surface area contributed by atoms with E-state index in [2.05, 4.69) is 38.8 Å². The van der Waals surface area contributed by atoms with Gasteiger partial charge in [0.25, 0.3) is 0 Å². The molecule has 1 aliphatic rings. The minimum atomic E-state index is -0.143. The largest absolute Gasteiger partial charge is 0.396 e. The summed E-state index contributed by atoms with van der Waals surface area (Å²) in [6, 6.07) is 0. The molecule has 1 saturated heterocycles. The zero-order valence-corrected chi connectivity index (χ0v) is 15.5. The van der Waals surface area contributed by atoms with E-state index in [-0.39, 0.29) is 26.8 Å². The molecule has 0 radical (unpaired) electrons. The summed E-state index contributed by atoms with van der Waals surface area (Å²) in [4.78, 5) is 12.5. The summed E-state index contributed by atoms with van der Waals surface area (Å²) in [5, 5.41) is 16.3. The van der Waals surface area contributed by atoms with Crippen molar-refractivity contribution in [2.45, 2.75) is 20.1 Å². The number of hydrogen-bond acceptors (Lipinski definition) is 5. The van der Waals surface area contributed by atoms with Crippen LogP contribution in [0.15, 0.2) is 22.1 Å². The molecule has 126 valence electrons. The molecule has 0 unspecified atom stereocenters. The second-order valence-electron chi connectivity index (χ2n) is 4.38. The summed E-state index contributed by atoms with van der Waals surface area (Å²) in [7, 11) is 0. The zero-order chi connectivity index (χ0) is 16.5. The van der Waals surface area contributed by atoms with Crippen LogP contribution in [0.3, 0.4) is 0 Å². The molecular weight excluding hydrogens is 408 g/mol. The number of aliphatic hydroxyl groups excluding tert-OH is 2. The SMILES string of the molecule is CC(CO)CO.CC1COC(/C=C/Br)OC1.O=C/C=C/Br.[HH]. The van der Waals surface area contributed by atoms with E-state index >= 15 is 0 Å². The first kappa shape index (κ1) is 23.2. The van der Waals surface area contributed by atoms with Crippen LogP contribution in [0.25, 0.3) is 0 Å². The molecule has 0 aromatic carbocycles. The average Bonchev–Trinajstić information content (AvgIpc) is 2.51. The number of carbonyl (C=O) groups is 1. The van der Waals surface area contributed by atoms with E-state index in [9.17, 15) is 4.79 Å².